The van der Waals surface area contributed by atoms with E-state index in [0.717, 1.165) is 29.2 Å². The Morgan fingerprint density at radius 3 is 2.55 bits per heavy atom. The summed E-state index contributed by atoms with van der Waals surface area (Å²) in [6.45, 7) is 2.04. The van der Waals surface area contributed by atoms with E-state index in [9.17, 15) is 9.90 Å². The van der Waals surface area contributed by atoms with Crippen molar-refractivity contribution in [2.45, 2.75) is 38.1 Å². The van der Waals surface area contributed by atoms with E-state index < -0.39 is 11.5 Å². The molecule has 3 N–H and O–H groups in total. The molecule has 0 fully saturated rings. The Bertz CT molecular complexity index is 609. The van der Waals surface area contributed by atoms with Crippen LogP contribution in [0.3, 0.4) is 0 Å². The van der Waals surface area contributed by atoms with Crippen molar-refractivity contribution in [3.8, 4) is 0 Å². The van der Waals surface area contributed by atoms with E-state index in [1.165, 1.54) is 0 Å². The van der Waals surface area contributed by atoms with Crippen LogP contribution in [0.25, 0.3) is 10.8 Å². The molecule has 3 heteroatoms. The summed E-state index contributed by atoms with van der Waals surface area (Å²) in [6, 6.07) is 14.1. The highest BCUT2D eigenvalue weighted by Crippen LogP contribution is 2.22. The van der Waals surface area contributed by atoms with Gasteiger partial charge in [-0.25, -0.2) is 0 Å². The number of aliphatic carboxylic acids is 1. The van der Waals surface area contributed by atoms with Crippen LogP contribution in [0.4, 0.5) is 0 Å². The SMILES string of the molecule is CCCCC(N)(Cc1ccc2ccccc2c1)C(=O)O. The summed E-state index contributed by atoms with van der Waals surface area (Å²) >= 11 is 0. The number of hydrogen-bond acceptors (Lipinski definition) is 2. The van der Waals surface area contributed by atoms with Crippen LogP contribution in [0, 0.1) is 0 Å². The Hall–Kier alpha value is -1.87. The van der Waals surface area contributed by atoms with E-state index in [1.807, 2.05) is 49.4 Å². The molecule has 0 radical (unpaired) electrons. The molecule has 3 nitrogen and oxygen atoms in total. The minimum Gasteiger partial charge on any atom is -0.480 e. The minimum atomic E-state index is -1.17. The molecular formula is C17H21NO2. The monoisotopic (exact) mass is 271 g/mol. The zero-order chi connectivity index (χ0) is 14.6. The lowest BCUT2D eigenvalue weighted by molar-refractivity contribution is -0.143. The van der Waals surface area contributed by atoms with Crippen LogP contribution in [0.1, 0.15) is 31.7 Å². The maximum Gasteiger partial charge on any atom is 0.324 e. The molecule has 1 atom stereocenters. The van der Waals surface area contributed by atoms with Gasteiger partial charge < -0.3 is 10.8 Å². The highest BCUT2D eigenvalue weighted by molar-refractivity contribution is 5.84. The van der Waals surface area contributed by atoms with E-state index in [1.54, 1.807) is 0 Å². The molecule has 0 saturated heterocycles. The zero-order valence-corrected chi connectivity index (χ0v) is 11.8. The molecule has 2 aromatic rings. The third-order valence-electron chi connectivity index (χ3n) is 3.74. The average Bonchev–Trinajstić information content (AvgIpc) is 2.45. The second-order valence-electron chi connectivity index (χ2n) is 5.42. The highest BCUT2D eigenvalue weighted by atomic mass is 16.4. The molecule has 0 aromatic heterocycles. The molecular weight excluding hydrogens is 250 g/mol. The van der Waals surface area contributed by atoms with E-state index >= 15 is 0 Å². The molecule has 0 aliphatic rings. The van der Waals surface area contributed by atoms with Crippen LogP contribution >= 0.6 is 0 Å². The van der Waals surface area contributed by atoms with Crippen LogP contribution in [0.5, 0.6) is 0 Å². The number of rotatable bonds is 6. The normalized spacial score (nSPS) is 14.1. The summed E-state index contributed by atoms with van der Waals surface area (Å²) < 4.78 is 0. The van der Waals surface area contributed by atoms with Crippen molar-refractivity contribution in [1.82, 2.24) is 0 Å². The Morgan fingerprint density at radius 1 is 1.20 bits per heavy atom. The van der Waals surface area contributed by atoms with Gasteiger partial charge in [-0.05, 0) is 22.8 Å². The van der Waals surface area contributed by atoms with Crippen LogP contribution in [-0.2, 0) is 11.2 Å². The first-order valence-corrected chi connectivity index (χ1v) is 7.05. The number of carboxylic acids is 1. The lowest BCUT2D eigenvalue weighted by atomic mass is 9.86. The van der Waals surface area contributed by atoms with Gasteiger partial charge in [0.2, 0.25) is 0 Å². The molecule has 0 aliphatic carbocycles. The van der Waals surface area contributed by atoms with Crippen LogP contribution in [0.2, 0.25) is 0 Å². The number of hydrogen-bond donors (Lipinski definition) is 2. The van der Waals surface area contributed by atoms with Gasteiger partial charge in [0.25, 0.3) is 0 Å². The summed E-state index contributed by atoms with van der Waals surface area (Å²) in [5, 5.41) is 11.7. The number of carboxylic acid groups (broad SMARTS) is 1. The molecule has 0 amide bonds. The zero-order valence-electron chi connectivity index (χ0n) is 11.8. The van der Waals surface area contributed by atoms with Crippen molar-refractivity contribution in [3.05, 3.63) is 48.0 Å². The fourth-order valence-electron chi connectivity index (χ4n) is 2.48. The Morgan fingerprint density at radius 2 is 1.90 bits per heavy atom. The molecule has 20 heavy (non-hydrogen) atoms. The summed E-state index contributed by atoms with van der Waals surface area (Å²) in [6.07, 6.45) is 2.65. The van der Waals surface area contributed by atoms with Crippen molar-refractivity contribution >= 4 is 16.7 Å². The van der Waals surface area contributed by atoms with Gasteiger partial charge in [0.05, 0.1) is 0 Å². The first-order chi connectivity index (χ1) is 9.55. The summed E-state index contributed by atoms with van der Waals surface area (Å²) in [7, 11) is 0. The molecule has 2 aromatic carbocycles. The van der Waals surface area contributed by atoms with Gasteiger partial charge in [-0.15, -0.1) is 0 Å². The topological polar surface area (TPSA) is 63.3 Å². The van der Waals surface area contributed by atoms with Crippen molar-refractivity contribution in [3.63, 3.8) is 0 Å². The molecule has 1 unspecified atom stereocenters. The van der Waals surface area contributed by atoms with Crippen molar-refractivity contribution in [1.29, 1.82) is 0 Å². The standard InChI is InChI=1S/C17H21NO2/c1-2-3-10-17(18,16(19)20)12-13-8-9-14-6-4-5-7-15(14)11-13/h4-9,11H,2-3,10,12,18H2,1H3,(H,19,20). The minimum absolute atomic E-state index is 0.368. The quantitative estimate of drug-likeness (QED) is 0.846. The molecule has 106 valence electrons. The highest BCUT2D eigenvalue weighted by Gasteiger charge is 2.33. The van der Waals surface area contributed by atoms with Gasteiger partial charge in [-0.1, -0.05) is 62.2 Å². The second-order valence-corrected chi connectivity index (χ2v) is 5.42. The first kappa shape index (κ1) is 14.5. The maximum absolute atomic E-state index is 11.5. The summed E-state index contributed by atoms with van der Waals surface area (Å²) in [4.78, 5) is 11.5. The fraction of sp³-hybridized carbons (Fsp3) is 0.353. The van der Waals surface area contributed by atoms with Gasteiger partial charge in [-0.3, -0.25) is 4.79 Å². The second kappa shape index (κ2) is 6.06. The third kappa shape index (κ3) is 3.17. The molecule has 0 heterocycles. The maximum atomic E-state index is 11.5. The van der Waals surface area contributed by atoms with Gasteiger partial charge in [-0.2, -0.15) is 0 Å². The first-order valence-electron chi connectivity index (χ1n) is 7.05. The van der Waals surface area contributed by atoms with Gasteiger partial charge in [0, 0.05) is 6.42 Å². The van der Waals surface area contributed by atoms with Gasteiger partial charge in [0.1, 0.15) is 5.54 Å². The average molecular weight is 271 g/mol. The number of benzene rings is 2. The van der Waals surface area contributed by atoms with E-state index in [4.69, 9.17) is 5.73 Å². The molecule has 0 aliphatic heterocycles. The lowest BCUT2D eigenvalue weighted by Gasteiger charge is -2.24. The molecule has 0 bridgehead atoms. The lowest BCUT2D eigenvalue weighted by Crippen LogP contribution is -2.49. The smallest absolute Gasteiger partial charge is 0.324 e. The van der Waals surface area contributed by atoms with Gasteiger partial charge in [0.15, 0.2) is 0 Å². The third-order valence-corrected chi connectivity index (χ3v) is 3.74. The molecule has 0 saturated carbocycles. The fourth-order valence-corrected chi connectivity index (χ4v) is 2.48. The van der Waals surface area contributed by atoms with E-state index in [2.05, 4.69) is 0 Å². The predicted octanol–water partition coefficient (Wildman–Crippen LogP) is 3.35. The molecule has 2 rings (SSSR count). The van der Waals surface area contributed by atoms with Crippen molar-refractivity contribution in [2.24, 2.45) is 5.73 Å². The van der Waals surface area contributed by atoms with Crippen LogP contribution < -0.4 is 5.73 Å². The largest absolute Gasteiger partial charge is 0.480 e. The number of unbranched alkanes of at least 4 members (excludes halogenated alkanes) is 1. The van der Waals surface area contributed by atoms with Crippen molar-refractivity contribution in [2.75, 3.05) is 0 Å². The Kier molecular flexibility index (Phi) is 4.40. The number of nitrogens with two attached hydrogens (primary N) is 1. The Balaban J connectivity index is 2.26. The Labute approximate surface area is 119 Å². The van der Waals surface area contributed by atoms with Crippen molar-refractivity contribution < 1.29 is 9.90 Å². The van der Waals surface area contributed by atoms with E-state index in [0.29, 0.717) is 12.8 Å². The predicted molar refractivity (Wildman–Crippen MR) is 81.7 cm³/mol. The number of fused-ring (bicyclic) bond motifs is 1. The van der Waals surface area contributed by atoms with Crippen LogP contribution in [-0.4, -0.2) is 16.6 Å². The van der Waals surface area contributed by atoms with E-state index in [-0.39, 0.29) is 0 Å². The number of carbonyl (C=O) groups is 1. The van der Waals surface area contributed by atoms with Gasteiger partial charge >= 0.3 is 5.97 Å². The van der Waals surface area contributed by atoms with Crippen LogP contribution in [0.15, 0.2) is 42.5 Å². The summed E-state index contributed by atoms with van der Waals surface area (Å²) in [5.41, 5.74) is 5.91. The summed E-state index contributed by atoms with van der Waals surface area (Å²) in [5.74, 6) is -0.917. The molecule has 0 spiro atoms.